The minimum atomic E-state index is -0.728. The van der Waals surface area contributed by atoms with Crippen molar-refractivity contribution in [2.45, 2.75) is 63.7 Å². The van der Waals surface area contributed by atoms with Crippen molar-refractivity contribution in [1.82, 2.24) is 50.3 Å². The van der Waals surface area contributed by atoms with Crippen molar-refractivity contribution >= 4 is 35.0 Å². The third-order valence-corrected chi connectivity index (χ3v) is 11.5. The first-order chi connectivity index (χ1) is 28.6. The summed E-state index contributed by atoms with van der Waals surface area (Å²) in [7, 11) is 2.57. The summed E-state index contributed by atoms with van der Waals surface area (Å²) >= 11 is 0. The average molecular weight is 805 g/mol. The number of hydrogen-bond donors (Lipinski definition) is 4. The van der Waals surface area contributed by atoms with Crippen LogP contribution in [0.15, 0.2) is 61.1 Å². The zero-order chi connectivity index (χ0) is 41.2. The van der Waals surface area contributed by atoms with Gasteiger partial charge in [0.15, 0.2) is 0 Å². The molecule has 0 spiro atoms. The normalized spacial score (nSPS) is 19.1. The van der Waals surface area contributed by atoms with E-state index in [1.807, 2.05) is 56.3 Å². The van der Waals surface area contributed by atoms with Crippen molar-refractivity contribution in [3.05, 3.63) is 72.7 Å². The molecule has 4 N–H and O–H groups in total. The lowest BCUT2D eigenvalue weighted by molar-refractivity contribution is -0.142. The van der Waals surface area contributed by atoms with Crippen molar-refractivity contribution in [3.8, 4) is 33.8 Å². The van der Waals surface area contributed by atoms with Crippen molar-refractivity contribution in [2.75, 3.05) is 40.5 Å². The van der Waals surface area contributed by atoms with Gasteiger partial charge in [0.1, 0.15) is 23.7 Å². The highest BCUT2D eigenvalue weighted by Crippen LogP contribution is 2.35. The summed E-state index contributed by atoms with van der Waals surface area (Å²) in [4.78, 5) is 80.8. The number of likely N-dealkylation sites (tertiary alicyclic amines) is 2. The number of carbonyl (C=O) groups excluding carboxylic acids is 4. The summed E-state index contributed by atoms with van der Waals surface area (Å²) in [5.74, 6) is 0.859. The lowest BCUT2D eigenvalue weighted by atomic mass is 9.96. The summed E-state index contributed by atoms with van der Waals surface area (Å²) in [6.07, 6.45) is 7.18. The first kappa shape index (κ1) is 39.5. The number of aromatic nitrogens is 6. The summed E-state index contributed by atoms with van der Waals surface area (Å²) < 4.78 is 14.9. The van der Waals surface area contributed by atoms with Gasteiger partial charge in [-0.1, -0.05) is 44.2 Å². The second-order valence-electron chi connectivity index (χ2n) is 15.5. The predicted molar refractivity (Wildman–Crippen MR) is 215 cm³/mol. The molecule has 0 bridgehead atoms. The van der Waals surface area contributed by atoms with Gasteiger partial charge in [-0.2, -0.15) is 0 Å². The first-order valence-electron chi connectivity index (χ1n) is 20.0. The van der Waals surface area contributed by atoms with Crippen LogP contribution >= 0.6 is 0 Å². The Morgan fingerprint density at radius 3 is 1.98 bits per heavy atom. The van der Waals surface area contributed by atoms with Crippen LogP contribution in [-0.4, -0.2) is 116 Å². The van der Waals surface area contributed by atoms with Gasteiger partial charge in [0.05, 0.1) is 86.2 Å². The van der Waals surface area contributed by atoms with E-state index in [4.69, 9.17) is 29.2 Å². The van der Waals surface area contributed by atoms with Crippen LogP contribution in [0.5, 0.6) is 0 Å². The molecule has 308 valence electrons. The molecule has 3 aliphatic rings. The molecule has 4 atom stereocenters. The molecular formula is C42H48N10O7. The van der Waals surface area contributed by atoms with Gasteiger partial charge in [-0.25, -0.2) is 19.6 Å². The number of aromatic amines is 2. The Morgan fingerprint density at radius 2 is 1.36 bits per heavy atom. The zero-order valence-electron chi connectivity index (χ0n) is 33.4. The molecule has 4 amide bonds. The van der Waals surface area contributed by atoms with Crippen LogP contribution in [0.4, 0.5) is 9.59 Å². The highest BCUT2D eigenvalue weighted by Gasteiger charge is 2.42. The van der Waals surface area contributed by atoms with Crippen LogP contribution in [0.25, 0.3) is 44.8 Å². The van der Waals surface area contributed by atoms with E-state index in [1.54, 1.807) is 28.4 Å². The number of rotatable bonds is 11. The molecule has 8 rings (SSSR count). The molecule has 17 heteroatoms. The summed E-state index contributed by atoms with van der Waals surface area (Å²) in [6.45, 7) is 5.74. The second kappa shape index (κ2) is 16.9. The zero-order valence-corrected chi connectivity index (χ0v) is 33.4. The first-order valence-corrected chi connectivity index (χ1v) is 20.0. The van der Waals surface area contributed by atoms with Crippen molar-refractivity contribution in [2.24, 2.45) is 11.8 Å². The van der Waals surface area contributed by atoms with Crippen molar-refractivity contribution < 1.29 is 33.4 Å². The maximum Gasteiger partial charge on any atom is 0.407 e. The van der Waals surface area contributed by atoms with Gasteiger partial charge in [-0.3, -0.25) is 19.6 Å². The van der Waals surface area contributed by atoms with Crippen LogP contribution in [0, 0.1) is 11.8 Å². The molecule has 0 radical (unpaired) electrons. The lowest BCUT2D eigenvalue weighted by Gasteiger charge is -2.36. The molecule has 0 saturated carbocycles. The number of nitrogens with one attached hydrogen (secondary N) is 4. The fraction of sp³-hybridized carbons (Fsp3) is 0.429. The van der Waals surface area contributed by atoms with Crippen molar-refractivity contribution in [3.63, 3.8) is 0 Å². The molecule has 3 fully saturated rings. The maximum absolute atomic E-state index is 13.7. The monoisotopic (exact) mass is 804 g/mol. The van der Waals surface area contributed by atoms with E-state index in [0.29, 0.717) is 43.6 Å². The Bertz CT molecular complexity index is 2320. The van der Waals surface area contributed by atoms with Crippen LogP contribution < -0.4 is 10.6 Å². The molecular weight excluding hydrogens is 757 g/mol. The van der Waals surface area contributed by atoms with Crippen LogP contribution in [0.2, 0.25) is 0 Å². The number of methoxy groups -OCH3 is 2. The fourth-order valence-corrected chi connectivity index (χ4v) is 8.15. The molecule has 0 aliphatic carbocycles. The van der Waals surface area contributed by atoms with Gasteiger partial charge in [0.2, 0.25) is 11.8 Å². The van der Waals surface area contributed by atoms with Gasteiger partial charge in [-0.15, -0.1) is 0 Å². The van der Waals surface area contributed by atoms with Gasteiger partial charge < -0.3 is 44.6 Å². The van der Waals surface area contributed by atoms with Gasteiger partial charge in [0, 0.05) is 30.1 Å². The summed E-state index contributed by atoms with van der Waals surface area (Å²) in [5.41, 5.74) is 6.54. The number of hydrogen-bond acceptors (Lipinski definition) is 11. The van der Waals surface area contributed by atoms with E-state index in [0.717, 1.165) is 64.8 Å². The fourth-order valence-electron chi connectivity index (χ4n) is 8.15. The molecule has 3 saturated heterocycles. The summed E-state index contributed by atoms with van der Waals surface area (Å²) in [6, 6.07) is 11.9. The number of imidazole rings is 2. The Morgan fingerprint density at radius 1 is 0.746 bits per heavy atom. The highest BCUT2D eigenvalue weighted by molar-refractivity contribution is 5.88. The predicted octanol–water partition coefficient (Wildman–Crippen LogP) is 5.16. The third kappa shape index (κ3) is 8.06. The Balaban J connectivity index is 0.929. The molecule has 17 nitrogen and oxygen atoms in total. The van der Waals surface area contributed by atoms with E-state index in [2.05, 4.69) is 25.6 Å². The molecule has 4 unspecified atom stereocenters. The van der Waals surface area contributed by atoms with Crippen LogP contribution in [0.3, 0.4) is 0 Å². The number of amides is 4. The quantitative estimate of drug-likeness (QED) is 0.137. The number of ether oxygens (including phenoxy) is 3. The van der Waals surface area contributed by atoms with E-state index in [-0.39, 0.29) is 35.7 Å². The van der Waals surface area contributed by atoms with Gasteiger partial charge in [0.25, 0.3) is 0 Å². The Labute approximate surface area is 340 Å². The maximum atomic E-state index is 13.7. The number of fused-ring (bicyclic) bond motifs is 1. The molecule has 2 aromatic carbocycles. The minimum absolute atomic E-state index is 0.109. The minimum Gasteiger partial charge on any atom is -0.453 e. The van der Waals surface area contributed by atoms with Crippen LogP contribution in [-0.2, 0) is 23.8 Å². The van der Waals surface area contributed by atoms with Crippen molar-refractivity contribution in [1.29, 1.82) is 0 Å². The Kier molecular flexibility index (Phi) is 11.3. The second-order valence-corrected chi connectivity index (χ2v) is 15.5. The van der Waals surface area contributed by atoms with E-state index >= 15 is 0 Å². The highest BCUT2D eigenvalue weighted by atomic mass is 16.5. The molecule has 3 aliphatic heterocycles. The topological polar surface area (TPSA) is 210 Å². The number of benzene rings is 2. The van der Waals surface area contributed by atoms with Gasteiger partial charge in [-0.05, 0) is 49.3 Å². The van der Waals surface area contributed by atoms with E-state index in [1.165, 1.54) is 14.2 Å². The van der Waals surface area contributed by atoms with E-state index in [9.17, 15) is 19.2 Å². The SMILES string of the molecule is COC(=O)NC(C(=O)N1CCCC1c1ncc(-c2ccc(-c3cnc(-c4ccc5nc(C6CCCN6C(=O)C(NC(=O)OC)C6COC6)[nH]c5c4)cn3)cc2)[nH]1)C(C)C. The largest absolute Gasteiger partial charge is 0.453 e. The average Bonchev–Trinajstić information content (AvgIpc) is 4.07. The standard InChI is InChI=1S/C42H48N10O7/c1-23(2)35(49-41(55)57-3)39(53)51-15-5-7-33(51)37-45-20-32(48-37)25-11-9-24(10-12-25)30-18-44-31(19-43-30)26-13-14-28-29(17-26)47-38(46-28)34-8-6-16-52(34)40(54)36(27-21-59-22-27)50-42(56)58-4/h9-14,17-20,23,27,33-36H,5-8,15-16,21-22H2,1-4H3,(H,45,48)(H,46,47)(H,49,55)(H,50,56). The van der Waals surface area contributed by atoms with Crippen LogP contribution in [0.1, 0.15) is 63.3 Å². The number of H-pyrrole nitrogens is 2. The Hall–Kier alpha value is -6.36. The number of alkyl carbamates (subject to hydrolysis) is 2. The smallest absolute Gasteiger partial charge is 0.407 e. The van der Waals surface area contributed by atoms with Gasteiger partial charge >= 0.3 is 12.2 Å². The number of nitrogens with zero attached hydrogens (tertiary/aromatic N) is 6. The lowest BCUT2D eigenvalue weighted by Crippen LogP contribution is -2.56. The third-order valence-electron chi connectivity index (χ3n) is 11.5. The molecule has 6 heterocycles. The summed E-state index contributed by atoms with van der Waals surface area (Å²) in [5, 5.41) is 5.40. The number of carbonyl (C=O) groups is 4. The van der Waals surface area contributed by atoms with E-state index < -0.39 is 24.3 Å². The molecule has 5 aromatic rings. The molecule has 59 heavy (non-hydrogen) atoms. The molecule has 3 aromatic heterocycles.